The van der Waals surface area contributed by atoms with Gasteiger partial charge in [-0.25, -0.2) is 0 Å². The Morgan fingerprint density at radius 1 is 1.20 bits per heavy atom. The Balaban J connectivity index is 1.67. The molecule has 0 saturated heterocycles. The fourth-order valence-electron chi connectivity index (χ4n) is 3.17. The molecule has 0 spiro atoms. The van der Waals surface area contributed by atoms with E-state index in [9.17, 15) is 4.79 Å². The van der Waals surface area contributed by atoms with Crippen LogP contribution in [0.25, 0.3) is 11.4 Å². The zero-order chi connectivity index (χ0) is 21.5. The van der Waals surface area contributed by atoms with Crippen LogP contribution in [0.1, 0.15) is 37.3 Å². The topological polar surface area (TPSA) is 59.8 Å². The Hall–Kier alpha value is -2.86. The third-order valence-corrected chi connectivity index (χ3v) is 6.09. The second kappa shape index (κ2) is 10.3. The first-order valence-electron chi connectivity index (χ1n) is 10.2. The molecule has 156 valence electrons. The van der Waals surface area contributed by atoms with E-state index in [1.54, 1.807) is 0 Å². The molecule has 2 aromatic carbocycles. The van der Waals surface area contributed by atoms with Gasteiger partial charge in [0.1, 0.15) is 0 Å². The zero-order valence-electron chi connectivity index (χ0n) is 17.8. The second-order valence-electron chi connectivity index (χ2n) is 7.29. The van der Waals surface area contributed by atoms with Gasteiger partial charge >= 0.3 is 0 Å². The first-order valence-corrected chi connectivity index (χ1v) is 11.1. The number of nitrogens with one attached hydrogen (secondary N) is 1. The lowest BCUT2D eigenvalue weighted by atomic mass is 9.99. The lowest BCUT2D eigenvalue weighted by Gasteiger charge is -2.11. The first kappa shape index (κ1) is 21.8. The quantitative estimate of drug-likeness (QED) is 0.357. The molecular formula is C24H28N4OS. The van der Waals surface area contributed by atoms with Gasteiger partial charge in [-0.05, 0) is 42.5 Å². The van der Waals surface area contributed by atoms with Crippen LogP contribution < -0.4 is 5.32 Å². The number of rotatable bonds is 9. The van der Waals surface area contributed by atoms with E-state index < -0.39 is 0 Å². The van der Waals surface area contributed by atoms with Gasteiger partial charge in [-0.1, -0.05) is 68.1 Å². The lowest BCUT2D eigenvalue weighted by Crippen LogP contribution is -2.14. The van der Waals surface area contributed by atoms with Crippen molar-refractivity contribution in [3.05, 3.63) is 72.3 Å². The number of anilines is 1. The Labute approximate surface area is 182 Å². The minimum Gasteiger partial charge on any atom is -0.325 e. The molecule has 1 atom stereocenters. The normalized spacial score (nSPS) is 11.8. The van der Waals surface area contributed by atoms with Gasteiger partial charge in [-0.15, -0.1) is 16.8 Å². The van der Waals surface area contributed by atoms with Crippen molar-refractivity contribution in [1.29, 1.82) is 0 Å². The average molecular weight is 421 g/mol. The van der Waals surface area contributed by atoms with Crippen LogP contribution in [0.15, 0.2) is 66.3 Å². The van der Waals surface area contributed by atoms with Gasteiger partial charge in [-0.2, -0.15) is 0 Å². The van der Waals surface area contributed by atoms with E-state index in [0.29, 0.717) is 17.6 Å². The monoisotopic (exact) mass is 420 g/mol. The number of allylic oxidation sites excluding steroid dienone is 1. The SMILES string of the molecule is C=CCn1c(SCC(=O)Nc2ccc([C@H](C)CC)cc2)nnc1-c1ccccc1C. The molecule has 6 heteroatoms. The highest BCUT2D eigenvalue weighted by molar-refractivity contribution is 7.99. The maximum absolute atomic E-state index is 12.5. The molecule has 1 amide bonds. The fraction of sp³-hybridized carbons (Fsp3) is 0.292. The van der Waals surface area contributed by atoms with Gasteiger partial charge in [0.05, 0.1) is 5.75 Å². The van der Waals surface area contributed by atoms with Crippen LogP contribution in [0.5, 0.6) is 0 Å². The molecule has 0 saturated carbocycles. The Kier molecular flexibility index (Phi) is 7.46. The molecule has 0 aliphatic carbocycles. The Morgan fingerprint density at radius 3 is 2.60 bits per heavy atom. The number of carbonyl (C=O) groups excluding carboxylic acids is 1. The molecule has 0 unspecified atom stereocenters. The molecule has 0 bridgehead atoms. The van der Waals surface area contributed by atoms with Crippen LogP contribution in [0.2, 0.25) is 0 Å². The van der Waals surface area contributed by atoms with Gasteiger partial charge in [0.25, 0.3) is 0 Å². The summed E-state index contributed by atoms with van der Waals surface area (Å²) in [4.78, 5) is 12.5. The fourth-order valence-corrected chi connectivity index (χ4v) is 3.92. The van der Waals surface area contributed by atoms with Crippen LogP contribution in [-0.2, 0) is 11.3 Å². The highest BCUT2D eigenvalue weighted by Gasteiger charge is 2.16. The molecule has 3 aromatic rings. The number of benzene rings is 2. The summed E-state index contributed by atoms with van der Waals surface area (Å²) in [6, 6.07) is 16.1. The number of aryl methyl sites for hydroxylation is 1. The summed E-state index contributed by atoms with van der Waals surface area (Å²) in [6.45, 7) is 10.9. The Bertz CT molecular complexity index is 1010. The summed E-state index contributed by atoms with van der Waals surface area (Å²) in [5.74, 6) is 1.50. The highest BCUT2D eigenvalue weighted by atomic mass is 32.2. The van der Waals surface area contributed by atoms with Crippen LogP contribution in [0.3, 0.4) is 0 Å². The van der Waals surface area contributed by atoms with E-state index in [4.69, 9.17) is 0 Å². The number of amides is 1. The molecule has 5 nitrogen and oxygen atoms in total. The minimum atomic E-state index is -0.0677. The smallest absolute Gasteiger partial charge is 0.234 e. The predicted octanol–water partition coefficient (Wildman–Crippen LogP) is 5.68. The minimum absolute atomic E-state index is 0.0677. The Morgan fingerprint density at radius 2 is 1.93 bits per heavy atom. The van der Waals surface area contributed by atoms with Crippen molar-refractivity contribution in [3.8, 4) is 11.4 Å². The number of nitrogens with zero attached hydrogens (tertiary/aromatic N) is 3. The van der Waals surface area contributed by atoms with E-state index in [1.165, 1.54) is 17.3 Å². The largest absolute Gasteiger partial charge is 0.325 e. The van der Waals surface area contributed by atoms with Crippen molar-refractivity contribution in [2.24, 2.45) is 0 Å². The van der Waals surface area contributed by atoms with Gasteiger partial charge < -0.3 is 5.32 Å². The molecule has 0 aliphatic heterocycles. The number of carbonyl (C=O) groups is 1. The van der Waals surface area contributed by atoms with Crippen LogP contribution in [0.4, 0.5) is 5.69 Å². The van der Waals surface area contributed by atoms with Crippen LogP contribution >= 0.6 is 11.8 Å². The maximum Gasteiger partial charge on any atom is 0.234 e. The molecule has 0 fully saturated rings. The van der Waals surface area contributed by atoms with E-state index in [0.717, 1.165) is 29.1 Å². The summed E-state index contributed by atoms with van der Waals surface area (Å²) in [5, 5.41) is 12.4. The van der Waals surface area contributed by atoms with Crippen molar-refractivity contribution < 1.29 is 4.79 Å². The number of aromatic nitrogens is 3. The third kappa shape index (κ3) is 5.19. The van der Waals surface area contributed by atoms with Crippen molar-refractivity contribution in [3.63, 3.8) is 0 Å². The molecule has 1 N–H and O–H groups in total. The standard InChI is InChI=1S/C24H28N4OS/c1-5-15-28-23(21-10-8-7-9-18(21)4)26-27-24(28)30-16-22(29)25-20-13-11-19(12-14-20)17(3)6-2/h5,7-14,17H,1,6,15-16H2,2-4H3,(H,25,29)/t17-/m1/s1. The molecule has 0 radical (unpaired) electrons. The van der Waals surface area contributed by atoms with E-state index in [-0.39, 0.29) is 11.7 Å². The summed E-state index contributed by atoms with van der Waals surface area (Å²) in [5.41, 5.74) is 4.25. The maximum atomic E-state index is 12.5. The number of hydrogen-bond acceptors (Lipinski definition) is 4. The summed E-state index contributed by atoms with van der Waals surface area (Å²) < 4.78 is 1.99. The highest BCUT2D eigenvalue weighted by Crippen LogP contribution is 2.26. The van der Waals surface area contributed by atoms with Crippen molar-refractivity contribution in [1.82, 2.24) is 14.8 Å². The average Bonchev–Trinajstić information content (AvgIpc) is 3.15. The summed E-state index contributed by atoms with van der Waals surface area (Å²) in [6.07, 6.45) is 2.91. The number of hydrogen-bond donors (Lipinski definition) is 1. The van der Waals surface area contributed by atoms with Gasteiger partial charge in [-0.3, -0.25) is 9.36 Å². The number of thioether (sulfide) groups is 1. The zero-order valence-corrected chi connectivity index (χ0v) is 18.6. The van der Waals surface area contributed by atoms with Gasteiger partial charge in [0.15, 0.2) is 11.0 Å². The summed E-state index contributed by atoms with van der Waals surface area (Å²) >= 11 is 1.38. The molecular weight excluding hydrogens is 392 g/mol. The second-order valence-corrected chi connectivity index (χ2v) is 8.23. The van der Waals surface area contributed by atoms with Crippen molar-refractivity contribution in [2.75, 3.05) is 11.1 Å². The molecule has 1 heterocycles. The predicted molar refractivity (Wildman–Crippen MR) is 125 cm³/mol. The lowest BCUT2D eigenvalue weighted by molar-refractivity contribution is -0.113. The van der Waals surface area contributed by atoms with Crippen molar-refractivity contribution in [2.45, 2.75) is 44.8 Å². The van der Waals surface area contributed by atoms with E-state index >= 15 is 0 Å². The molecule has 1 aromatic heterocycles. The molecule has 30 heavy (non-hydrogen) atoms. The van der Waals surface area contributed by atoms with E-state index in [2.05, 4.69) is 61.1 Å². The first-order chi connectivity index (χ1) is 14.5. The van der Waals surface area contributed by atoms with E-state index in [1.807, 2.05) is 41.0 Å². The third-order valence-electron chi connectivity index (χ3n) is 5.12. The molecule has 0 aliphatic rings. The van der Waals surface area contributed by atoms with Gasteiger partial charge in [0, 0.05) is 17.8 Å². The van der Waals surface area contributed by atoms with Crippen molar-refractivity contribution >= 4 is 23.4 Å². The molecule has 3 rings (SSSR count). The van der Waals surface area contributed by atoms with Crippen LogP contribution in [-0.4, -0.2) is 26.4 Å². The van der Waals surface area contributed by atoms with Gasteiger partial charge in [0.2, 0.25) is 5.91 Å². The van der Waals surface area contributed by atoms with Crippen LogP contribution in [0, 0.1) is 6.92 Å². The summed E-state index contributed by atoms with van der Waals surface area (Å²) in [7, 11) is 0.